The summed E-state index contributed by atoms with van der Waals surface area (Å²) in [7, 11) is 0. The molecule has 200 valence electrons. The van der Waals surface area contributed by atoms with E-state index in [1.165, 1.54) is 23.1 Å². The van der Waals surface area contributed by atoms with Crippen LogP contribution in [-0.4, -0.2) is 65.8 Å². The summed E-state index contributed by atoms with van der Waals surface area (Å²) < 4.78 is 2.99. The molecule has 5 heterocycles. The van der Waals surface area contributed by atoms with E-state index in [1.807, 2.05) is 12.1 Å². The fraction of sp³-hybridized carbons (Fsp3) is 0.231. The van der Waals surface area contributed by atoms with Crippen LogP contribution in [0.1, 0.15) is 33.6 Å². The number of benzene rings is 1. The van der Waals surface area contributed by atoms with E-state index in [0.29, 0.717) is 33.5 Å². The van der Waals surface area contributed by atoms with Gasteiger partial charge in [-0.1, -0.05) is 11.6 Å². The monoisotopic (exact) mass is 547 g/mol. The second-order valence-electron chi connectivity index (χ2n) is 8.98. The zero-order valence-electron chi connectivity index (χ0n) is 20.8. The smallest absolute Gasteiger partial charge is 0.341 e. The number of nitrogens with one attached hydrogen (secondary N) is 1. The molecular formula is C26H26ClN9O3. The van der Waals surface area contributed by atoms with Crippen molar-refractivity contribution >= 4 is 46.1 Å². The second-order valence-corrected chi connectivity index (χ2v) is 9.42. The highest BCUT2D eigenvalue weighted by molar-refractivity contribution is 6.31. The zero-order valence-corrected chi connectivity index (χ0v) is 21.6. The number of carboxylic acid groups (broad SMARTS) is 1. The van der Waals surface area contributed by atoms with Gasteiger partial charge in [-0.3, -0.25) is 4.79 Å². The van der Waals surface area contributed by atoms with Gasteiger partial charge in [0, 0.05) is 42.9 Å². The number of rotatable bonds is 5. The van der Waals surface area contributed by atoms with Gasteiger partial charge in [0.05, 0.1) is 23.8 Å². The van der Waals surface area contributed by atoms with Crippen molar-refractivity contribution in [3.8, 4) is 0 Å². The highest BCUT2D eigenvalue weighted by Crippen LogP contribution is 2.32. The standard InChI is InChI=1S/C19H21ClN6O.C7H5N3O2/c20-14-2-3-17(25-8-4-13(11-21)5-9-25)16(10-14)24-19(27)15-12-23-26-7-1-6-22-18(15)26;11-7(12)5-4-9-10-3-1-2-8-6(5)10/h1-3,6-7,10,12-13H,4-5,8-9,11,21H2,(H,24,27);1-4H,(H,11,12). The van der Waals surface area contributed by atoms with Gasteiger partial charge < -0.3 is 21.1 Å². The van der Waals surface area contributed by atoms with Crippen LogP contribution in [0.25, 0.3) is 11.3 Å². The van der Waals surface area contributed by atoms with Crippen molar-refractivity contribution in [2.45, 2.75) is 12.8 Å². The van der Waals surface area contributed by atoms with E-state index >= 15 is 0 Å². The molecule has 0 bridgehead atoms. The summed E-state index contributed by atoms with van der Waals surface area (Å²) in [5.74, 6) is -0.704. The lowest BCUT2D eigenvalue weighted by atomic mass is 9.96. The summed E-state index contributed by atoms with van der Waals surface area (Å²) >= 11 is 6.19. The first-order valence-corrected chi connectivity index (χ1v) is 12.7. The van der Waals surface area contributed by atoms with Gasteiger partial charge in [-0.2, -0.15) is 10.2 Å². The number of fused-ring (bicyclic) bond motifs is 2. The number of aromatic nitrogens is 6. The van der Waals surface area contributed by atoms with Gasteiger partial charge in [0.15, 0.2) is 11.3 Å². The molecule has 0 unspecified atom stereocenters. The first kappa shape index (κ1) is 26.1. The number of amides is 1. The number of piperidine rings is 1. The van der Waals surface area contributed by atoms with Crippen molar-refractivity contribution in [1.29, 1.82) is 0 Å². The molecule has 0 atom stereocenters. The molecular weight excluding hydrogens is 522 g/mol. The van der Waals surface area contributed by atoms with E-state index in [-0.39, 0.29) is 11.5 Å². The minimum absolute atomic E-state index is 0.121. The lowest BCUT2D eigenvalue weighted by molar-refractivity contribution is 0.0698. The van der Waals surface area contributed by atoms with E-state index in [1.54, 1.807) is 41.3 Å². The zero-order chi connectivity index (χ0) is 27.4. The molecule has 39 heavy (non-hydrogen) atoms. The van der Waals surface area contributed by atoms with E-state index in [0.717, 1.165) is 38.2 Å². The normalized spacial score (nSPS) is 13.7. The maximum Gasteiger partial charge on any atom is 0.341 e. The number of halogens is 1. The Labute approximate surface area is 228 Å². The van der Waals surface area contributed by atoms with Crippen LogP contribution >= 0.6 is 11.6 Å². The van der Waals surface area contributed by atoms with Crippen LogP contribution in [0.2, 0.25) is 5.02 Å². The summed E-state index contributed by atoms with van der Waals surface area (Å²) in [6, 6.07) is 9.03. The third-order valence-corrected chi connectivity index (χ3v) is 6.76. The SMILES string of the molecule is NCC1CCN(c2ccc(Cl)cc2NC(=O)c2cnn3cccnc23)CC1.O=C(O)c1cnn2cccnc12. The van der Waals surface area contributed by atoms with Crippen LogP contribution in [-0.2, 0) is 0 Å². The Morgan fingerprint density at radius 1 is 1.00 bits per heavy atom. The average molecular weight is 548 g/mol. The molecule has 0 aliphatic carbocycles. The molecule has 1 saturated heterocycles. The number of anilines is 2. The van der Waals surface area contributed by atoms with Gasteiger partial charge in [-0.05, 0) is 55.6 Å². The highest BCUT2D eigenvalue weighted by atomic mass is 35.5. The van der Waals surface area contributed by atoms with Crippen molar-refractivity contribution in [1.82, 2.24) is 29.2 Å². The van der Waals surface area contributed by atoms with Crippen LogP contribution in [0.4, 0.5) is 11.4 Å². The quantitative estimate of drug-likeness (QED) is 0.300. The number of aromatic carboxylic acids is 1. The molecule has 4 N–H and O–H groups in total. The molecule has 12 nitrogen and oxygen atoms in total. The summed E-state index contributed by atoms with van der Waals surface area (Å²) in [5, 5.41) is 20.2. The third kappa shape index (κ3) is 5.66. The van der Waals surface area contributed by atoms with Crippen LogP contribution in [0.15, 0.2) is 67.5 Å². The molecule has 1 amide bonds. The number of carbonyl (C=O) groups is 2. The van der Waals surface area contributed by atoms with Crippen molar-refractivity contribution in [2.75, 3.05) is 29.9 Å². The summed E-state index contributed by atoms with van der Waals surface area (Å²) in [5.41, 5.74) is 8.87. The lowest BCUT2D eigenvalue weighted by Gasteiger charge is -2.34. The topological polar surface area (TPSA) is 156 Å². The van der Waals surface area contributed by atoms with Gasteiger partial charge >= 0.3 is 5.97 Å². The van der Waals surface area contributed by atoms with E-state index in [2.05, 4.69) is 30.4 Å². The molecule has 4 aromatic heterocycles. The van der Waals surface area contributed by atoms with Gasteiger partial charge in [-0.15, -0.1) is 0 Å². The highest BCUT2D eigenvalue weighted by Gasteiger charge is 2.22. The molecule has 0 radical (unpaired) electrons. The number of hydrogen-bond donors (Lipinski definition) is 3. The predicted molar refractivity (Wildman–Crippen MR) is 146 cm³/mol. The number of hydrogen-bond acceptors (Lipinski definition) is 8. The average Bonchev–Trinajstić information content (AvgIpc) is 3.59. The number of carbonyl (C=O) groups excluding carboxylic acids is 1. The molecule has 5 aromatic rings. The number of nitrogens with two attached hydrogens (primary N) is 1. The molecule has 1 aliphatic rings. The molecule has 0 saturated carbocycles. The van der Waals surface area contributed by atoms with Crippen LogP contribution in [0.3, 0.4) is 0 Å². The van der Waals surface area contributed by atoms with Gasteiger partial charge in [0.25, 0.3) is 5.91 Å². The number of nitrogens with zero attached hydrogens (tertiary/aromatic N) is 7. The van der Waals surface area contributed by atoms with Crippen LogP contribution in [0.5, 0.6) is 0 Å². The maximum absolute atomic E-state index is 12.9. The number of carboxylic acids is 1. The van der Waals surface area contributed by atoms with Crippen molar-refractivity contribution in [3.05, 3.63) is 83.7 Å². The van der Waals surface area contributed by atoms with Crippen LogP contribution in [0, 0.1) is 5.92 Å². The van der Waals surface area contributed by atoms with Gasteiger partial charge in [0.1, 0.15) is 11.1 Å². The second kappa shape index (κ2) is 11.5. The lowest BCUT2D eigenvalue weighted by Crippen LogP contribution is -2.36. The summed E-state index contributed by atoms with van der Waals surface area (Å²) in [6.07, 6.45) is 11.5. The Balaban J connectivity index is 0.000000214. The molecule has 0 spiro atoms. The Hall–Kier alpha value is -4.55. The first-order chi connectivity index (χ1) is 18.9. The van der Waals surface area contributed by atoms with Crippen LogP contribution < -0.4 is 16.0 Å². The van der Waals surface area contributed by atoms with Gasteiger partial charge in [-0.25, -0.2) is 23.8 Å². The Bertz CT molecular complexity index is 1630. The molecule has 1 aromatic carbocycles. The minimum Gasteiger partial charge on any atom is -0.477 e. The Kier molecular flexibility index (Phi) is 7.66. The first-order valence-electron chi connectivity index (χ1n) is 12.3. The Morgan fingerprint density at radius 2 is 1.62 bits per heavy atom. The fourth-order valence-electron chi connectivity index (χ4n) is 4.45. The van der Waals surface area contributed by atoms with E-state index < -0.39 is 5.97 Å². The maximum atomic E-state index is 12.9. The largest absolute Gasteiger partial charge is 0.477 e. The molecule has 13 heteroatoms. The Morgan fingerprint density at radius 3 is 2.23 bits per heavy atom. The summed E-state index contributed by atoms with van der Waals surface area (Å²) in [4.78, 5) is 33.8. The van der Waals surface area contributed by atoms with Crippen molar-refractivity contribution < 1.29 is 14.7 Å². The predicted octanol–water partition coefficient (Wildman–Crippen LogP) is 3.24. The third-order valence-electron chi connectivity index (χ3n) is 6.53. The van der Waals surface area contributed by atoms with Gasteiger partial charge in [0.2, 0.25) is 0 Å². The van der Waals surface area contributed by atoms with E-state index in [9.17, 15) is 9.59 Å². The summed E-state index contributed by atoms with van der Waals surface area (Å²) in [6.45, 7) is 2.54. The van der Waals surface area contributed by atoms with Crippen molar-refractivity contribution in [2.24, 2.45) is 11.7 Å². The fourth-order valence-corrected chi connectivity index (χ4v) is 4.62. The van der Waals surface area contributed by atoms with Crippen molar-refractivity contribution in [3.63, 3.8) is 0 Å². The molecule has 1 fully saturated rings. The minimum atomic E-state index is -1.01. The molecule has 6 rings (SSSR count). The molecule has 1 aliphatic heterocycles. The van der Waals surface area contributed by atoms with E-state index in [4.69, 9.17) is 22.4 Å².